The Hall–Kier alpha value is -2.23. The van der Waals surface area contributed by atoms with Gasteiger partial charge in [0.1, 0.15) is 5.82 Å². The number of hydrogen-bond acceptors (Lipinski definition) is 4. The lowest BCUT2D eigenvalue weighted by Gasteiger charge is -2.14. The van der Waals surface area contributed by atoms with Crippen molar-refractivity contribution in [2.45, 2.75) is 30.3 Å². The SMILES string of the molecule is CS(=O)(=O)c1ccc(Cc2cc(F)cc(C#N)c2)c2c1C(O)CC2. The maximum Gasteiger partial charge on any atom is 0.175 e. The summed E-state index contributed by atoms with van der Waals surface area (Å²) in [5.41, 5.74) is 3.01. The van der Waals surface area contributed by atoms with Gasteiger partial charge in [0.2, 0.25) is 0 Å². The van der Waals surface area contributed by atoms with Gasteiger partial charge in [0.05, 0.1) is 22.6 Å². The summed E-state index contributed by atoms with van der Waals surface area (Å²) >= 11 is 0. The van der Waals surface area contributed by atoms with Crippen molar-refractivity contribution in [3.63, 3.8) is 0 Å². The summed E-state index contributed by atoms with van der Waals surface area (Å²) in [6.45, 7) is 0. The van der Waals surface area contributed by atoms with Crippen molar-refractivity contribution in [3.8, 4) is 6.07 Å². The number of sulfone groups is 1. The van der Waals surface area contributed by atoms with Gasteiger partial charge in [0, 0.05) is 11.8 Å². The molecule has 0 amide bonds. The maximum atomic E-state index is 13.6. The molecule has 2 aromatic carbocycles. The minimum absolute atomic E-state index is 0.156. The zero-order valence-electron chi connectivity index (χ0n) is 13.1. The minimum atomic E-state index is -3.43. The van der Waals surface area contributed by atoms with Crippen molar-refractivity contribution in [1.82, 2.24) is 0 Å². The van der Waals surface area contributed by atoms with E-state index in [0.29, 0.717) is 30.4 Å². The Morgan fingerprint density at radius 2 is 2.08 bits per heavy atom. The molecular formula is C18H16FNO3S. The van der Waals surface area contributed by atoms with Crippen LogP contribution in [0.15, 0.2) is 35.2 Å². The number of aliphatic hydroxyl groups is 1. The Balaban J connectivity index is 2.09. The third-order valence-corrected chi connectivity index (χ3v) is 5.45. The van der Waals surface area contributed by atoms with E-state index < -0.39 is 21.8 Å². The standard InChI is InChI=1S/C18H16FNO3S/c1-24(22,23)17-5-2-13(15-3-4-16(21)18(15)17)7-11-6-12(10-20)9-14(19)8-11/h2,5-6,8-9,16,21H,3-4,7H2,1H3. The normalized spacial score (nSPS) is 16.7. The van der Waals surface area contributed by atoms with Crippen molar-refractivity contribution in [2.75, 3.05) is 6.26 Å². The van der Waals surface area contributed by atoms with E-state index in [4.69, 9.17) is 5.26 Å². The molecule has 1 aliphatic rings. The van der Waals surface area contributed by atoms with Crippen LogP contribution in [0.1, 0.15) is 40.3 Å². The zero-order valence-corrected chi connectivity index (χ0v) is 13.9. The molecule has 1 unspecified atom stereocenters. The second-order valence-corrected chi connectivity index (χ2v) is 8.06. The molecule has 0 aromatic heterocycles. The largest absolute Gasteiger partial charge is 0.388 e. The van der Waals surface area contributed by atoms with E-state index in [1.54, 1.807) is 12.1 Å². The fraction of sp³-hybridized carbons (Fsp3) is 0.278. The van der Waals surface area contributed by atoms with Crippen LogP contribution in [0.2, 0.25) is 0 Å². The first kappa shape index (κ1) is 16.6. The van der Waals surface area contributed by atoms with Crippen LogP contribution < -0.4 is 0 Å². The van der Waals surface area contributed by atoms with Gasteiger partial charge >= 0.3 is 0 Å². The summed E-state index contributed by atoms with van der Waals surface area (Å²) in [6.07, 6.45) is 1.76. The van der Waals surface area contributed by atoms with E-state index in [9.17, 15) is 17.9 Å². The molecule has 0 fully saturated rings. The second kappa shape index (κ2) is 6.00. The lowest BCUT2D eigenvalue weighted by molar-refractivity contribution is 0.177. The summed E-state index contributed by atoms with van der Waals surface area (Å²) in [6, 6.07) is 9.29. The fourth-order valence-corrected chi connectivity index (χ4v) is 4.27. The number of nitriles is 1. The van der Waals surface area contributed by atoms with Crippen LogP contribution in [0.5, 0.6) is 0 Å². The third kappa shape index (κ3) is 3.05. The number of benzene rings is 2. The van der Waals surface area contributed by atoms with Crippen molar-refractivity contribution < 1.29 is 17.9 Å². The van der Waals surface area contributed by atoms with Crippen molar-refractivity contribution in [1.29, 1.82) is 5.26 Å². The lowest BCUT2D eigenvalue weighted by Crippen LogP contribution is -2.07. The van der Waals surface area contributed by atoms with Crippen molar-refractivity contribution in [3.05, 3.63) is 64.0 Å². The summed E-state index contributed by atoms with van der Waals surface area (Å²) in [4.78, 5) is 0.156. The molecule has 1 atom stereocenters. The smallest absolute Gasteiger partial charge is 0.175 e. The molecule has 0 heterocycles. The highest BCUT2D eigenvalue weighted by molar-refractivity contribution is 7.90. The Kier molecular flexibility index (Phi) is 4.16. The van der Waals surface area contributed by atoms with E-state index >= 15 is 0 Å². The van der Waals surface area contributed by atoms with Crippen LogP contribution in [0.3, 0.4) is 0 Å². The first-order valence-electron chi connectivity index (χ1n) is 7.52. The molecular weight excluding hydrogens is 329 g/mol. The van der Waals surface area contributed by atoms with Crippen LogP contribution in [-0.4, -0.2) is 19.8 Å². The molecule has 6 heteroatoms. The van der Waals surface area contributed by atoms with Gasteiger partial charge in [-0.2, -0.15) is 5.26 Å². The summed E-state index contributed by atoms with van der Waals surface area (Å²) in [5, 5.41) is 19.1. The van der Waals surface area contributed by atoms with Gasteiger partial charge in [-0.1, -0.05) is 6.07 Å². The van der Waals surface area contributed by atoms with Gasteiger partial charge in [-0.3, -0.25) is 0 Å². The Morgan fingerprint density at radius 3 is 2.75 bits per heavy atom. The number of fused-ring (bicyclic) bond motifs is 1. The van der Waals surface area contributed by atoms with Gasteiger partial charge in [-0.15, -0.1) is 0 Å². The molecule has 0 spiro atoms. The van der Waals surface area contributed by atoms with Gasteiger partial charge in [0.15, 0.2) is 9.84 Å². The predicted molar refractivity (Wildman–Crippen MR) is 86.8 cm³/mol. The zero-order chi connectivity index (χ0) is 17.5. The van der Waals surface area contributed by atoms with Gasteiger partial charge in [0.25, 0.3) is 0 Å². The number of hydrogen-bond donors (Lipinski definition) is 1. The van der Waals surface area contributed by atoms with E-state index in [1.165, 1.54) is 18.2 Å². The first-order valence-corrected chi connectivity index (χ1v) is 9.41. The molecule has 0 radical (unpaired) electrons. The molecule has 3 rings (SSSR count). The Bertz CT molecular complexity index is 961. The molecule has 0 aliphatic heterocycles. The van der Waals surface area contributed by atoms with Crippen LogP contribution in [0.4, 0.5) is 4.39 Å². The maximum absolute atomic E-state index is 13.6. The van der Waals surface area contributed by atoms with E-state index in [-0.39, 0.29) is 10.5 Å². The quantitative estimate of drug-likeness (QED) is 0.928. The molecule has 24 heavy (non-hydrogen) atoms. The number of aliphatic hydroxyl groups excluding tert-OH is 1. The topological polar surface area (TPSA) is 78.2 Å². The van der Waals surface area contributed by atoms with E-state index in [0.717, 1.165) is 17.4 Å². The Morgan fingerprint density at radius 1 is 1.33 bits per heavy atom. The number of nitrogens with zero attached hydrogens (tertiary/aromatic N) is 1. The molecule has 124 valence electrons. The summed E-state index contributed by atoms with van der Waals surface area (Å²) < 4.78 is 37.5. The summed E-state index contributed by atoms with van der Waals surface area (Å²) in [5.74, 6) is -0.478. The van der Waals surface area contributed by atoms with Gasteiger partial charge in [-0.25, -0.2) is 12.8 Å². The Labute approximate surface area is 140 Å². The van der Waals surface area contributed by atoms with Crippen molar-refractivity contribution >= 4 is 9.84 Å². The average molecular weight is 345 g/mol. The first-order chi connectivity index (χ1) is 11.3. The van der Waals surface area contributed by atoms with E-state index in [1.807, 2.05) is 6.07 Å². The molecule has 2 aromatic rings. The molecule has 1 N–H and O–H groups in total. The molecule has 0 saturated heterocycles. The fourth-order valence-electron chi connectivity index (χ4n) is 3.30. The summed E-state index contributed by atoms with van der Waals surface area (Å²) in [7, 11) is -3.43. The predicted octanol–water partition coefficient (Wildman–Crippen LogP) is 2.67. The van der Waals surface area contributed by atoms with E-state index in [2.05, 4.69) is 0 Å². The minimum Gasteiger partial charge on any atom is -0.388 e. The molecule has 1 aliphatic carbocycles. The number of halogens is 1. The highest BCUT2D eigenvalue weighted by atomic mass is 32.2. The molecule has 0 bridgehead atoms. The highest BCUT2D eigenvalue weighted by Crippen LogP contribution is 2.38. The molecule has 0 saturated carbocycles. The van der Waals surface area contributed by atoms with Crippen molar-refractivity contribution in [2.24, 2.45) is 0 Å². The highest BCUT2D eigenvalue weighted by Gasteiger charge is 2.29. The monoisotopic (exact) mass is 345 g/mol. The molecule has 4 nitrogen and oxygen atoms in total. The number of rotatable bonds is 3. The third-order valence-electron chi connectivity index (χ3n) is 4.30. The van der Waals surface area contributed by atoms with Crippen LogP contribution >= 0.6 is 0 Å². The second-order valence-electron chi connectivity index (χ2n) is 6.08. The average Bonchev–Trinajstić information content (AvgIpc) is 2.88. The van der Waals surface area contributed by atoms with Gasteiger partial charge in [-0.05, 0) is 60.2 Å². The van der Waals surface area contributed by atoms with Crippen LogP contribution in [0, 0.1) is 17.1 Å². The lowest BCUT2D eigenvalue weighted by atomic mass is 9.96. The van der Waals surface area contributed by atoms with Crippen LogP contribution in [-0.2, 0) is 22.7 Å². The van der Waals surface area contributed by atoms with Crippen LogP contribution in [0.25, 0.3) is 0 Å². The van der Waals surface area contributed by atoms with Gasteiger partial charge < -0.3 is 5.11 Å².